The molecule has 1 amide bonds. The summed E-state index contributed by atoms with van der Waals surface area (Å²) >= 11 is 1.94. The van der Waals surface area contributed by atoms with E-state index in [0.717, 1.165) is 18.1 Å². The summed E-state index contributed by atoms with van der Waals surface area (Å²) in [5, 5.41) is 3.47. The summed E-state index contributed by atoms with van der Waals surface area (Å²) in [6, 6.07) is 8.18. The number of ether oxygens (including phenoxy) is 1. The fourth-order valence-electron chi connectivity index (χ4n) is 1.50. The van der Waals surface area contributed by atoms with Crippen LogP contribution in [0.3, 0.4) is 0 Å². The van der Waals surface area contributed by atoms with Gasteiger partial charge in [-0.05, 0) is 30.4 Å². The Morgan fingerprint density at radius 3 is 2.68 bits per heavy atom. The van der Waals surface area contributed by atoms with Crippen LogP contribution in [0.15, 0.2) is 24.3 Å². The monoisotopic (exact) mass is 282 g/mol. The van der Waals surface area contributed by atoms with Gasteiger partial charge in [-0.15, -0.1) is 0 Å². The second-order valence-electron chi connectivity index (χ2n) is 4.34. The lowest BCUT2D eigenvalue weighted by Gasteiger charge is -2.13. The van der Waals surface area contributed by atoms with E-state index in [1.807, 2.05) is 36.0 Å². The van der Waals surface area contributed by atoms with Gasteiger partial charge in [0.1, 0.15) is 5.75 Å². The summed E-state index contributed by atoms with van der Waals surface area (Å²) < 4.78 is 5.20. The largest absolute Gasteiger partial charge is 0.484 e. The van der Waals surface area contributed by atoms with E-state index in [2.05, 4.69) is 19.2 Å². The minimum Gasteiger partial charge on any atom is -0.484 e. The first kappa shape index (κ1) is 15.9. The van der Waals surface area contributed by atoms with Crippen LogP contribution in [0.4, 0.5) is 0 Å². The highest BCUT2D eigenvalue weighted by molar-refractivity contribution is 7.99. The second-order valence-corrected chi connectivity index (χ2v) is 5.66. The number of hydrogen-bond donors (Lipinski definition) is 2. The van der Waals surface area contributed by atoms with E-state index in [1.54, 1.807) is 0 Å². The maximum absolute atomic E-state index is 10.6. The molecule has 0 aliphatic rings. The molecule has 1 aromatic carbocycles. The average Bonchev–Trinajstić information content (AvgIpc) is 2.41. The molecule has 0 fully saturated rings. The van der Waals surface area contributed by atoms with Gasteiger partial charge >= 0.3 is 0 Å². The molecule has 0 aliphatic carbocycles. The normalized spacial score (nSPS) is 12.1. The van der Waals surface area contributed by atoms with Crippen LogP contribution in [0.1, 0.15) is 19.4 Å². The van der Waals surface area contributed by atoms with Gasteiger partial charge in [0, 0.05) is 18.3 Å². The lowest BCUT2D eigenvalue weighted by Crippen LogP contribution is -2.27. The van der Waals surface area contributed by atoms with Gasteiger partial charge in [-0.25, -0.2) is 0 Å². The Morgan fingerprint density at radius 2 is 2.11 bits per heavy atom. The molecule has 1 atom stereocenters. The zero-order chi connectivity index (χ0) is 14.1. The number of benzene rings is 1. The predicted molar refractivity (Wildman–Crippen MR) is 80.4 cm³/mol. The van der Waals surface area contributed by atoms with Gasteiger partial charge in [0.15, 0.2) is 6.61 Å². The van der Waals surface area contributed by atoms with Crippen LogP contribution < -0.4 is 15.8 Å². The fraction of sp³-hybridized carbons (Fsp3) is 0.500. The number of thioether (sulfide) groups is 1. The molecule has 1 aromatic rings. The number of carbonyl (C=O) groups is 1. The molecule has 0 saturated heterocycles. The van der Waals surface area contributed by atoms with Gasteiger partial charge in [0.05, 0.1) is 0 Å². The third-order valence-corrected chi connectivity index (χ3v) is 3.68. The Labute approximate surface area is 119 Å². The van der Waals surface area contributed by atoms with Crippen LogP contribution in [0.2, 0.25) is 0 Å². The molecule has 0 spiro atoms. The summed E-state index contributed by atoms with van der Waals surface area (Å²) in [7, 11) is 0. The fourth-order valence-corrected chi connectivity index (χ4v) is 2.21. The molecule has 0 bridgehead atoms. The number of nitrogens with one attached hydrogen (secondary N) is 1. The number of primary amides is 1. The maximum Gasteiger partial charge on any atom is 0.255 e. The first-order valence-electron chi connectivity index (χ1n) is 6.43. The van der Waals surface area contributed by atoms with Crippen LogP contribution in [0.25, 0.3) is 0 Å². The Kier molecular flexibility index (Phi) is 7.36. The molecule has 0 aliphatic heterocycles. The van der Waals surface area contributed by atoms with Gasteiger partial charge in [0.25, 0.3) is 5.91 Å². The van der Waals surface area contributed by atoms with Gasteiger partial charge in [0.2, 0.25) is 0 Å². The number of amides is 1. The second kappa shape index (κ2) is 8.82. The number of nitrogens with two attached hydrogens (primary N) is 1. The molecule has 3 N–H and O–H groups in total. The van der Waals surface area contributed by atoms with E-state index >= 15 is 0 Å². The quantitative estimate of drug-likeness (QED) is 0.724. The molecule has 19 heavy (non-hydrogen) atoms. The molecule has 106 valence electrons. The Morgan fingerprint density at radius 1 is 1.42 bits per heavy atom. The molecular weight excluding hydrogens is 260 g/mol. The standard InChI is InChI=1S/C14H22N2O2S/c1-3-19-10-11(2)16-8-12-4-6-13(7-5-12)18-9-14(15)17/h4-7,11,16H,3,8-10H2,1-2H3,(H2,15,17). The van der Waals surface area contributed by atoms with Crippen molar-refractivity contribution in [3.8, 4) is 5.75 Å². The zero-order valence-corrected chi connectivity index (χ0v) is 12.3. The highest BCUT2D eigenvalue weighted by atomic mass is 32.2. The molecular formula is C14H22N2O2S. The van der Waals surface area contributed by atoms with Gasteiger partial charge in [-0.1, -0.05) is 19.1 Å². The van der Waals surface area contributed by atoms with Crippen molar-refractivity contribution in [1.29, 1.82) is 0 Å². The molecule has 0 aromatic heterocycles. The van der Waals surface area contributed by atoms with Crippen molar-refractivity contribution in [2.24, 2.45) is 5.73 Å². The Bertz CT molecular complexity index is 382. The van der Waals surface area contributed by atoms with Gasteiger partial charge in [-0.3, -0.25) is 4.79 Å². The molecule has 4 nitrogen and oxygen atoms in total. The molecule has 0 radical (unpaired) electrons. The molecule has 0 saturated carbocycles. The zero-order valence-electron chi connectivity index (χ0n) is 11.5. The van der Waals surface area contributed by atoms with Crippen LogP contribution in [0.5, 0.6) is 5.75 Å². The molecule has 1 rings (SSSR count). The molecule has 1 unspecified atom stereocenters. The summed E-state index contributed by atoms with van der Waals surface area (Å²) in [5.74, 6) is 2.47. The van der Waals surface area contributed by atoms with E-state index in [9.17, 15) is 4.79 Å². The van der Waals surface area contributed by atoms with Crippen LogP contribution in [0, 0.1) is 0 Å². The van der Waals surface area contributed by atoms with Crippen LogP contribution >= 0.6 is 11.8 Å². The Hall–Kier alpha value is -1.20. The van der Waals surface area contributed by atoms with Crippen molar-refractivity contribution < 1.29 is 9.53 Å². The van der Waals surface area contributed by atoms with E-state index in [0.29, 0.717) is 11.8 Å². The van der Waals surface area contributed by atoms with E-state index in [1.165, 1.54) is 5.56 Å². The first-order chi connectivity index (χ1) is 9.11. The molecule has 5 heteroatoms. The SMILES string of the molecule is CCSCC(C)NCc1ccc(OCC(N)=O)cc1. The maximum atomic E-state index is 10.6. The van der Waals surface area contributed by atoms with Gasteiger partial charge in [-0.2, -0.15) is 11.8 Å². The number of hydrogen-bond acceptors (Lipinski definition) is 4. The topological polar surface area (TPSA) is 64.3 Å². The first-order valence-corrected chi connectivity index (χ1v) is 7.58. The highest BCUT2D eigenvalue weighted by Gasteiger charge is 2.02. The number of carbonyl (C=O) groups excluding carboxylic acids is 1. The van der Waals surface area contributed by atoms with Crippen molar-refractivity contribution in [3.05, 3.63) is 29.8 Å². The van der Waals surface area contributed by atoms with Gasteiger partial charge < -0.3 is 15.8 Å². The lowest BCUT2D eigenvalue weighted by atomic mass is 10.2. The Balaban J connectivity index is 2.33. The van der Waals surface area contributed by atoms with E-state index < -0.39 is 5.91 Å². The third kappa shape index (κ3) is 7.08. The molecule has 0 heterocycles. The van der Waals surface area contributed by atoms with Crippen molar-refractivity contribution in [2.75, 3.05) is 18.1 Å². The predicted octanol–water partition coefficient (Wildman–Crippen LogP) is 1.78. The third-order valence-electron chi connectivity index (χ3n) is 2.53. The van der Waals surface area contributed by atoms with Crippen LogP contribution in [-0.4, -0.2) is 30.1 Å². The van der Waals surface area contributed by atoms with Crippen molar-refractivity contribution in [2.45, 2.75) is 26.4 Å². The summed E-state index contributed by atoms with van der Waals surface area (Å²) in [5.41, 5.74) is 6.21. The smallest absolute Gasteiger partial charge is 0.255 e. The summed E-state index contributed by atoms with van der Waals surface area (Å²) in [6.07, 6.45) is 0. The highest BCUT2D eigenvalue weighted by Crippen LogP contribution is 2.12. The summed E-state index contributed by atoms with van der Waals surface area (Å²) in [4.78, 5) is 10.6. The van der Waals surface area contributed by atoms with E-state index in [4.69, 9.17) is 10.5 Å². The van der Waals surface area contributed by atoms with E-state index in [-0.39, 0.29) is 6.61 Å². The summed E-state index contributed by atoms with van der Waals surface area (Å²) in [6.45, 7) is 5.11. The average molecular weight is 282 g/mol. The van der Waals surface area contributed by atoms with Crippen LogP contribution in [-0.2, 0) is 11.3 Å². The number of rotatable bonds is 9. The minimum atomic E-state index is -0.465. The van der Waals surface area contributed by atoms with Crippen molar-refractivity contribution in [3.63, 3.8) is 0 Å². The van der Waals surface area contributed by atoms with Crippen molar-refractivity contribution >= 4 is 17.7 Å². The lowest BCUT2D eigenvalue weighted by molar-refractivity contribution is -0.119. The van der Waals surface area contributed by atoms with Crippen molar-refractivity contribution in [1.82, 2.24) is 5.32 Å². The minimum absolute atomic E-state index is 0.0805.